The lowest BCUT2D eigenvalue weighted by atomic mass is 10.1. The van der Waals surface area contributed by atoms with Gasteiger partial charge in [0.05, 0.1) is 11.3 Å². The highest BCUT2D eigenvalue weighted by molar-refractivity contribution is 5.42. The van der Waals surface area contributed by atoms with Crippen molar-refractivity contribution in [1.82, 2.24) is 4.90 Å². The summed E-state index contributed by atoms with van der Waals surface area (Å²) >= 11 is 0. The number of hydrogen-bond donors (Lipinski definition) is 2. The van der Waals surface area contributed by atoms with Crippen molar-refractivity contribution in [3.05, 3.63) is 29.6 Å². The highest BCUT2D eigenvalue weighted by Gasteiger charge is 2.18. The zero-order chi connectivity index (χ0) is 13.1. The van der Waals surface area contributed by atoms with Crippen LogP contribution in [0.3, 0.4) is 0 Å². The summed E-state index contributed by atoms with van der Waals surface area (Å²) in [7, 11) is 0. The SMILES string of the molecule is CCN(Cc1cccc(N)c1F)CC(C)(C)O. The van der Waals surface area contributed by atoms with Gasteiger partial charge in [-0.15, -0.1) is 0 Å². The van der Waals surface area contributed by atoms with E-state index in [-0.39, 0.29) is 11.5 Å². The van der Waals surface area contributed by atoms with Crippen LogP contribution < -0.4 is 5.73 Å². The Labute approximate surface area is 102 Å². The Balaban J connectivity index is 2.77. The van der Waals surface area contributed by atoms with Gasteiger partial charge in [0.25, 0.3) is 0 Å². The highest BCUT2D eigenvalue weighted by Crippen LogP contribution is 2.17. The summed E-state index contributed by atoms with van der Waals surface area (Å²) < 4.78 is 13.7. The third-order valence-electron chi connectivity index (χ3n) is 2.56. The van der Waals surface area contributed by atoms with Crippen molar-refractivity contribution in [3.63, 3.8) is 0 Å². The molecule has 0 atom stereocenters. The molecule has 0 bridgehead atoms. The summed E-state index contributed by atoms with van der Waals surface area (Å²) in [5, 5.41) is 9.76. The van der Waals surface area contributed by atoms with Gasteiger partial charge < -0.3 is 10.8 Å². The first-order chi connectivity index (χ1) is 7.83. The maximum atomic E-state index is 13.7. The molecule has 0 saturated carbocycles. The van der Waals surface area contributed by atoms with Crippen LogP contribution in [0.4, 0.5) is 10.1 Å². The van der Waals surface area contributed by atoms with Crippen molar-refractivity contribution in [1.29, 1.82) is 0 Å². The number of nitrogens with zero attached hydrogens (tertiary/aromatic N) is 1. The van der Waals surface area contributed by atoms with E-state index in [0.29, 0.717) is 18.7 Å². The number of hydrogen-bond acceptors (Lipinski definition) is 3. The standard InChI is InChI=1S/C13H21FN2O/c1-4-16(9-13(2,3)17)8-10-6-5-7-11(15)12(10)14/h5-7,17H,4,8-9,15H2,1-3H3. The van der Waals surface area contributed by atoms with Gasteiger partial charge in [-0.2, -0.15) is 0 Å². The van der Waals surface area contributed by atoms with Crippen LogP contribution >= 0.6 is 0 Å². The van der Waals surface area contributed by atoms with Crippen molar-refractivity contribution >= 4 is 5.69 Å². The van der Waals surface area contributed by atoms with Crippen LogP contribution in [0, 0.1) is 5.82 Å². The normalized spacial score (nSPS) is 12.1. The van der Waals surface area contributed by atoms with Gasteiger partial charge in [-0.05, 0) is 26.5 Å². The monoisotopic (exact) mass is 240 g/mol. The molecule has 0 radical (unpaired) electrons. The first-order valence-electron chi connectivity index (χ1n) is 5.81. The molecule has 1 rings (SSSR count). The molecular formula is C13H21FN2O. The number of aliphatic hydroxyl groups is 1. The second kappa shape index (κ2) is 5.47. The van der Waals surface area contributed by atoms with Crippen molar-refractivity contribution in [2.75, 3.05) is 18.8 Å². The van der Waals surface area contributed by atoms with Crippen molar-refractivity contribution in [2.45, 2.75) is 32.9 Å². The Kier molecular flexibility index (Phi) is 4.48. The van der Waals surface area contributed by atoms with E-state index in [9.17, 15) is 9.50 Å². The van der Waals surface area contributed by atoms with Gasteiger partial charge in [0.15, 0.2) is 5.82 Å². The smallest absolute Gasteiger partial charge is 0.150 e. The zero-order valence-corrected chi connectivity index (χ0v) is 10.7. The average molecular weight is 240 g/mol. The largest absolute Gasteiger partial charge is 0.396 e. The van der Waals surface area contributed by atoms with Gasteiger partial charge >= 0.3 is 0 Å². The van der Waals surface area contributed by atoms with Crippen LogP contribution in [0.15, 0.2) is 18.2 Å². The van der Waals surface area contributed by atoms with E-state index in [2.05, 4.69) is 0 Å². The van der Waals surface area contributed by atoms with Crippen LogP contribution in [0.1, 0.15) is 26.3 Å². The molecule has 3 N–H and O–H groups in total. The van der Waals surface area contributed by atoms with Crippen LogP contribution in [-0.2, 0) is 6.54 Å². The molecule has 0 heterocycles. The third-order valence-corrected chi connectivity index (χ3v) is 2.56. The van der Waals surface area contributed by atoms with Crippen molar-refractivity contribution in [3.8, 4) is 0 Å². The summed E-state index contributed by atoms with van der Waals surface area (Å²) in [4.78, 5) is 1.98. The zero-order valence-electron chi connectivity index (χ0n) is 10.7. The fraction of sp³-hybridized carbons (Fsp3) is 0.538. The molecule has 3 nitrogen and oxygen atoms in total. The second-order valence-electron chi connectivity index (χ2n) is 4.94. The van der Waals surface area contributed by atoms with Crippen molar-refractivity contribution in [2.24, 2.45) is 0 Å². The number of likely N-dealkylation sites (N-methyl/N-ethyl adjacent to an activating group) is 1. The number of benzene rings is 1. The molecule has 0 unspecified atom stereocenters. The first kappa shape index (κ1) is 13.9. The minimum absolute atomic E-state index is 0.168. The van der Waals surface area contributed by atoms with Crippen molar-refractivity contribution < 1.29 is 9.50 Å². The Bertz CT molecular complexity index is 374. The first-order valence-corrected chi connectivity index (χ1v) is 5.81. The van der Waals surface area contributed by atoms with Gasteiger partial charge in [0, 0.05) is 18.7 Å². The number of nitrogen functional groups attached to an aromatic ring is 1. The minimum atomic E-state index is -0.785. The Morgan fingerprint density at radius 2 is 2.06 bits per heavy atom. The number of anilines is 1. The van der Waals surface area contributed by atoms with Crippen LogP contribution in [-0.4, -0.2) is 28.7 Å². The third kappa shape index (κ3) is 4.32. The van der Waals surface area contributed by atoms with Crippen LogP contribution in [0.25, 0.3) is 0 Å². The quantitative estimate of drug-likeness (QED) is 0.774. The van der Waals surface area contributed by atoms with E-state index in [1.807, 2.05) is 11.8 Å². The summed E-state index contributed by atoms with van der Waals surface area (Å²) in [6.07, 6.45) is 0. The number of halogens is 1. The summed E-state index contributed by atoms with van der Waals surface area (Å²) in [5.74, 6) is -0.360. The van der Waals surface area contributed by atoms with E-state index in [1.54, 1.807) is 32.0 Å². The minimum Gasteiger partial charge on any atom is -0.396 e. The number of rotatable bonds is 5. The molecule has 0 saturated heterocycles. The van der Waals surface area contributed by atoms with Gasteiger partial charge in [0.1, 0.15) is 0 Å². The van der Waals surface area contributed by atoms with Gasteiger partial charge in [-0.3, -0.25) is 4.90 Å². The molecule has 0 spiro atoms. The second-order valence-corrected chi connectivity index (χ2v) is 4.94. The molecule has 17 heavy (non-hydrogen) atoms. The summed E-state index contributed by atoms with van der Waals surface area (Å²) in [6.45, 7) is 7.17. The summed E-state index contributed by atoms with van der Waals surface area (Å²) in [5.41, 5.74) is 5.47. The van der Waals surface area contributed by atoms with Crippen LogP contribution in [0.2, 0.25) is 0 Å². The van der Waals surface area contributed by atoms with E-state index in [1.165, 1.54) is 0 Å². The molecule has 96 valence electrons. The Morgan fingerprint density at radius 3 is 2.59 bits per heavy atom. The molecule has 0 fully saturated rings. The predicted molar refractivity (Wildman–Crippen MR) is 68.1 cm³/mol. The summed E-state index contributed by atoms with van der Waals surface area (Å²) in [6, 6.07) is 5.01. The van der Waals surface area contributed by atoms with E-state index >= 15 is 0 Å². The van der Waals surface area contributed by atoms with Gasteiger partial charge in [0.2, 0.25) is 0 Å². The molecule has 0 aromatic heterocycles. The average Bonchev–Trinajstić information content (AvgIpc) is 2.21. The molecule has 0 amide bonds. The van der Waals surface area contributed by atoms with E-state index in [0.717, 1.165) is 6.54 Å². The molecule has 4 heteroatoms. The molecule has 0 aliphatic rings. The van der Waals surface area contributed by atoms with Crippen LogP contribution in [0.5, 0.6) is 0 Å². The molecule has 1 aromatic carbocycles. The van der Waals surface area contributed by atoms with Gasteiger partial charge in [-0.1, -0.05) is 19.1 Å². The topological polar surface area (TPSA) is 49.5 Å². The Hall–Kier alpha value is -1.13. The highest BCUT2D eigenvalue weighted by atomic mass is 19.1. The Morgan fingerprint density at radius 1 is 1.41 bits per heavy atom. The lowest BCUT2D eigenvalue weighted by Gasteiger charge is -2.28. The molecular weight excluding hydrogens is 219 g/mol. The fourth-order valence-corrected chi connectivity index (χ4v) is 1.79. The molecule has 0 aliphatic heterocycles. The van der Waals surface area contributed by atoms with Gasteiger partial charge in [-0.25, -0.2) is 4.39 Å². The predicted octanol–water partition coefficient (Wildman–Crippen LogP) is 2.00. The van der Waals surface area contributed by atoms with E-state index in [4.69, 9.17) is 5.73 Å². The lowest BCUT2D eigenvalue weighted by Crippen LogP contribution is -2.38. The fourth-order valence-electron chi connectivity index (χ4n) is 1.79. The maximum Gasteiger partial charge on any atom is 0.150 e. The maximum absolute atomic E-state index is 13.7. The lowest BCUT2D eigenvalue weighted by molar-refractivity contribution is 0.0350. The molecule has 0 aliphatic carbocycles. The molecule has 1 aromatic rings. The van der Waals surface area contributed by atoms with E-state index < -0.39 is 5.60 Å². The number of nitrogens with two attached hydrogens (primary N) is 1.